The molecule has 0 amide bonds. The van der Waals surface area contributed by atoms with Crippen LogP contribution in [0, 0.1) is 11.3 Å². The fourth-order valence-corrected chi connectivity index (χ4v) is 3.25. The van der Waals surface area contributed by atoms with Crippen molar-refractivity contribution in [3.63, 3.8) is 0 Å². The quantitative estimate of drug-likeness (QED) is 0.329. The summed E-state index contributed by atoms with van der Waals surface area (Å²) in [4.78, 5) is 0.0788. The van der Waals surface area contributed by atoms with Crippen molar-refractivity contribution in [1.29, 1.82) is 0 Å². The summed E-state index contributed by atoms with van der Waals surface area (Å²) in [5.74, 6) is 0.265. The van der Waals surface area contributed by atoms with E-state index in [1.807, 2.05) is 13.8 Å². The van der Waals surface area contributed by atoms with Crippen LogP contribution in [-0.4, -0.2) is 19.5 Å². The molecule has 19 heavy (non-hydrogen) atoms. The molecule has 1 aliphatic rings. The van der Waals surface area contributed by atoms with Crippen LogP contribution in [0.4, 0.5) is 0 Å². The molecular weight excluding hydrogens is 266 g/mol. The second kappa shape index (κ2) is 4.21. The highest BCUT2D eigenvalue weighted by atomic mass is 32.2. The fraction of sp³-hybridized carbons (Fsp3) is 0.417. The number of nitrogens with zero attached hydrogens (tertiary/aromatic N) is 1. The largest absolute Gasteiger partial charge is 0.409 e. The van der Waals surface area contributed by atoms with E-state index in [0.717, 1.165) is 5.56 Å². The Morgan fingerprint density at radius 3 is 2.26 bits per heavy atom. The predicted molar refractivity (Wildman–Crippen MR) is 71.2 cm³/mol. The average Bonchev–Trinajstić information content (AvgIpc) is 2.90. The first-order chi connectivity index (χ1) is 8.69. The van der Waals surface area contributed by atoms with E-state index in [-0.39, 0.29) is 28.0 Å². The second-order valence-electron chi connectivity index (χ2n) is 5.42. The molecule has 0 spiro atoms. The van der Waals surface area contributed by atoms with E-state index < -0.39 is 10.0 Å². The third-order valence-electron chi connectivity index (χ3n) is 3.83. The first-order valence-corrected chi connectivity index (χ1v) is 7.34. The first-order valence-electron chi connectivity index (χ1n) is 5.79. The predicted octanol–water partition coefficient (Wildman–Crippen LogP) is 0.820. The van der Waals surface area contributed by atoms with Gasteiger partial charge in [0, 0.05) is 11.8 Å². The normalized spacial score (nSPS) is 26.2. The molecule has 1 saturated carbocycles. The van der Waals surface area contributed by atoms with Crippen LogP contribution in [0.25, 0.3) is 0 Å². The van der Waals surface area contributed by atoms with Crippen LogP contribution in [0.15, 0.2) is 34.3 Å². The van der Waals surface area contributed by atoms with E-state index in [1.165, 1.54) is 12.1 Å². The fourth-order valence-electron chi connectivity index (χ4n) is 2.74. The minimum absolute atomic E-state index is 0.0437. The molecule has 5 N–H and O–H groups in total. The molecule has 1 fully saturated rings. The van der Waals surface area contributed by atoms with E-state index in [9.17, 15) is 8.42 Å². The van der Waals surface area contributed by atoms with Crippen LogP contribution in [0.2, 0.25) is 0 Å². The van der Waals surface area contributed by atoms with Crippen LogP contribution < -0.4 is 10.9 Å². The lowest BCUT2D eigenvalue weighted by molar-refractivity contribution is 0.315. The highest BCUT2D eigenvalue weighted by Gasteiger charge is 2.60. The number of hydrogen-bond acceptors (Lipinski definition) is 4. The summed E-state index contributed by atoms with van der Waals surface area (Å²) in [5.41, 5.74) is 6.51. The molecule has 1 aromatic rings. The van der Waals surface area contributed by atoms with Gasteiger partial charge in [0.25, 0.3) is 0 Å². The summed E-state index contributed by atoms with van der Waals surface area (Å²) < 4.78 is 22.4. The van der Waals surface area contributed by atoms with Gasteiger partial charge in [-0.1, -0.05) is 31.1 Å². The van der Waals surface area contributed by atoms with E-state index in [0.29, 0.717) is 0 Å². The molecule has 2 rings (SSSR count). The summed E-state index contributed by atoms with van der Waals surface area (Å²) in [6, 6.07) is 6.39. The summed E-state index contributed by atoms with van der Waals surface area (Å²) in [7, 11) is -3.68. The van der Waals surface area contributed by atoms with Gasteiger partial charge in [0.1, 0.15) is 5.84 Å². The van der Waals surface area contributed by atoms with Gasteiger partial charge in [-0.3, -0.25) is 0 Å². The molecule has 2 atom stereocenters. The van der Waals surface area contributed by atoms with Crippen molar-refractivity contribution in [3.8, 4) is 0 Å². The van der Waals surface area contributed by atoms with Crippen molar-refractivity contribution in [2.45, 2.75) is 24.7 Å². The number of hydrogen-bond donors (Lipinski definition) is 3. The summed E-state index contributed by atoms with van der Waals surface area (Å²) in [5, 5.41) is 16.9. The van der Waals surface area contributed by atoms with Gasteiger partial charge >= 0.3 is 0 Å². The SMILES string of the molecule is CC1(C)[C@@H](/C(N)=N/O)[C@@H]1c1ccc(S(N)(=O)=O)cc1. The molecule has 0 saturated heterocycles. The van der Waals surface area contributed by atoms with Gasteiger partial charge in [-0.15, -0.1) is 0 Å². The number of nitrogens with two attached hydrogens (primary N) is 2. The van der Waals surface area contributed by atoms with Crippen molar-refractivity contribution < 1.29 is 13.6 Å². The lowest BCUT2D eigenvalue weighted by atomic mass is 10.0. The smallest absolute Gasteiger partial charge is 0.238 e. The molecule has 7 heteroatoms. The molecule has 0 radical (unpaired) electrons. The Morgan fingerprint density at radius 2 is 1.84 bits per heavy atom. The van der Waals surface area contributed by atoms with Crippen LogP contribution in [0.3, 0.4) is 0 Å². The maximum absolute atomic E-state index is 11.2. The molecule has 0 heterocycles. The van der Waals surface area contributed by atoms with Crippen molar-refractivity contribution in [2.75, 3.05) is 0 Å². The molecule has 1 aromatic carbocycles. The van der Waals surface area contributed by atoms with Gasteiger partial charge in [-0.2, -0.15) is 0 Å². The molecule has 0 unspecified atom stereocenters. The Hall–Kier alpha value is -1.60. The van der Waals surface area contributed by atoms with Gasteiger partial charge in [-0.05, 0) is 23.1 Å². The van der Waals surface area contributed by atoms with E-state index in [1.54, 1.807) is 12.1 Å². The monoisotopic (exact) mass is 283 g/mol. The van der Waals surface area contributed by atoms with E-state index in [4.69, 9.17) is 16.1 Å². The Labute approximate surface area is 112 Å². The highest BCUT2D eigenvalue weighted by Crippen LogP contribution is 2.64. The molecule has 0 aliphatic heterocycles. The zero-order chi connectivity index (χ0) is 14.4. The zero-order valence-electron chi connectivity index (χ0n) is 10.7. The number of benzene rings is 1. The summed E-state index contributed by atoms with van der Waals surface area (Å²) >= 11 is 0. The Kier molecular flexibility index (Phi) is 3.06. The second-order valence-corrected chi connectivity index (χ2v) is 6.98. The number of sulfonamides is 1. The maximum Gasteiger partial charge on any atom is 0.238 e. The number of oxime groups is 1. The zero-order valence-corrected chi connectivity index (χ0v) is 11.6. The summed E-state index contributed by atoms with van der Waals surface area (Å²) in [6.45, 7) is 4.04. The van der Waals surface area contributed by atoms with Crippen LogP contribution in [0.5, 0.6) is 0 Å². The Bertz CT molecular complexity index is 620. The molecule has 6 nitrogen and oxygen atoms in total. The van der Waals surface area contributed by atoms with Crippen LogP contribution in [-0.2, 0) is 10.0 Å². The third-order valence-corrected chi connectivity index (χ3v) is 4.76. The maximum atomic E-state index is 11.2. The first kappa shape index (κ1) is 13.8. The van der Waals surface area contributed by atoms with Crippen LogP contribution in [0.1, 0.15) is 25.3 Å². The van der Waals surface area contributed by atoms with Crippen molar-refractivity contribution in [2.24, 2.45) is 27.4 Å². The topological polar surface area (TPSA) is 119 Å². The Morgan fingerprint density at radius 1 is 1.32 bits per heavy atom. The minimum Gasteiger partial charge on any atom is -0.409 e. The molecule has 1 aliphatic carbocycles. The number of rotatable bonds is 3. The molecule has 0 aromatic heterocycles. The van der Waals surface area contributed by atoms with Crippen molar-refractivity contribution in [3.05, 3.63) is 29.8 Å². The van der Waals surface area contributed by atoms with Crippen LogP contribution >= 0.6 is 0 Å². The third kappa shape index (κ3) is 2.31. The van der Waals surface area contributed by atoms with Crippen molar-refractivity contribution in [1.82, 2.24) is 0 Å². The minimum atomic E-state index is -3.68. The Balaban J connectivity index is 2.31. The van der Waals surface area contributed by atoms with Gasteiger partial charge in [0.05, 0.1) is 4.90 Å². The standard InChI is InChI=1S/C12H17N3O3S/c1-12(2)9(10(12)11(13)15-16)7-3-5-8(6-4-7)19(14,17)18/h3-6,9-10,16H,1-2H3,(H2,13,15)(H2,14,17,18)/t9-,10+/m0/s1. The van der Waals surface area contributed by atoms with E-state index in [2.05, 4.69) is 5.16 Å². The molecular formula is C12H17N3O3S. The highest BCUT2D eigenvalue weighted by molar-refractivity contribution is 7.89. The molecule has 104 valence electrons. The average molecular weight is 283 g/mol. The van der Waals surface area contributed by atoms with Gasteiger partial charge in [0.2, 0.25) is 10.0 Å². The molecule has 0 bridgehead atoms. The van der Waals surface area contributed by atoms with Gasteiger partial charge in [0.15, 0.2) is 0 Å². The van der Waals surface area contributed by atoms with Gasteiger partial charge in [-0.25, -0.2) is 13.6 Å². The lowest BCUT2D eigenvalue weighted by Crippen LogP contribution is -2.17. The number of primary sulfonamides is 1. The van der Waals surface area contributed by atoms with Crippen molar-refractivity contribution >= 4 is 15.9 Å². The van der Waals surface area contributed by atoms with E-state index >= 15 is 0 Å². The lowest BCUT2D eigenvalue weighted by Gasteiger charge is -2.04. The summed E-state index contributed by atoms with van der Waals surface area (Å²) in [6.07, 6.45) is 0. The van der Waals surface area contributed by atoms with Gasteiger partial charge < -0.3 is 10.9 Å². The number of amidine groups is 1.